The molecular formula is C56H80N5O10P. The van der Waals surface area contributed by atoms with Gasteiger partial charge >= 0.3 is 11.8 Å². The molecule has 16 heteroatoms. The molecule has 5 atom stereocenters. The predicted octanol–water partition coefficient (Wildman–Crippen LogP) is 11.7. The van der Waals surface area contributed by atoms with Gasteiger partial charge in [-0.1, -0.05) is 145 Å². The van der Waals surface area contributed by atoms with Crippen LogP contribution in [0.5, 0.6) is 11.5 Å². The number of ether oxygens (including phenoxy) is 5. The Labute approximate surface area is 428 Å². The number of aromatic nitrogens is 2. The molecule has 1 amide bonds. The van der Waals surface area contributed by atoms with Gasteiger partial charge in [0.1, 0.15) is 35.3 Å². The van der Waals surface area contributed by atoms with Gasteiger partial charge in [0.2, 0.25) is 0 Å². The Bertz CT molecular complexity index is 2270. The minimum Gasteiger partial charge on any atom is -0.497 e. The fraction of sp³-hybridized carbons (Fsp3) is 0.571. The highest BCUT2D eigenvalue weighted by Crippen LogP contribution is 2.51. The molecule has 72 heavy (non-hydrogen) atoms. The number of benzene rings is 3. The molecule has 0 bridgehead atoms. The van der Waals surface area contributed by atoms with Gasteiger partial charge in [-0.3, -0.25) is 14.3 Å². The summed E-state index contributed by atoms with van der Waals surface area (Å²) in [5.41, 5.74) is -0.255. The molecule has 2 N–H and O–H groups in total. The van der Waals surface area contributed by atoms with Crippen molar-refractivity contribution in [2.75, 3.05) is 34.0 Å². The van der Waals surface area contributed by atoms with E-state index in [9.17, 15) is 19.6 Å². The smallest absolute Gasteiger partial charge is 0.407 e. The Morgan fingerprint density at radius 3 is 1.79 bits per heavy atom. The van der Waals surface area contributed by atoms with Crippen molar-refractivity contribution in [1.82, 2.24) is 19.5 Å². The molecule has 394 valence electrons. The number of amides is 1. The van der Waals surface area contributed by atoms with Crippen molar-refractivity contribution < 1.29 is 37.5 Å². The summed E-state index contributed by atoms with van der Waals surface area (Å²) < 4.78 is 48.1. The third-order valence-corrected chi connectivity index (χ3v) is 15.1. The van der Waals surface area contributed by atoms with Crippen LogP contribution in [0.4, 0.5) is 4.79 Å². The van der Waals surface area contributed by atoms with Crippen molar-refractivity contribution >= 4 is 14.6 Å². The number of rotatable bonds is 33. The molecule has 0 aliphatic carbocycles. The Hall–Kier alpha value is -5.07. The molecule has 0 spiro atoms. The van der Waals surface area contributed by atoms with Gasteiger partial charge in [0.15, 0.2) is 6.23 Å². The number of alkyl carbamates (subject to hydrolysis) is 1. The number of unbranched alkanes of at least 4 members (excludes halogenated alkanes) is 13. The first-order chi connectivity index (χ1) is 35.0. The third-order valence-electron chi connectivity index (χ3n) is 13.0. The molecule has 1 saturated heterocycles. The van der Waals surface area contributed by atoms with Gasteiger partial charge in [-0.15, -0.1) is 0 Å². The quantitative estimate of drug-likeness (QED) is 0.0263. The van der Waals surface area contributed by atoms with Gasteiger partial charge in [0.05, 0.1) is 46.5 Å². The summed E-state index contributed by atoms with van der Waals surface area (Å²) in [6, 6.07) is 27.3. The van der Waals surface area contributed by atoms with E-state index in [0.717, 1.165) is 36.0 Å². The minimum atomic E-state index is -1.93. The maximum Gasteiger partial charge on any atom is 0.407 e. The molecule has 1 unspecified atom stereocenters. The fourth-order valence-electron chi connectivity index (χ4n) is 9.34. The number of hydrogen-bond acceptors (Lipinski definition) is 12. The van der Waals surface area contributed by atoms with E-state index in [1.807, 2.05) is 107 Å². The molecule has 1 fully saturated rings. The summed E-state index contributed by atoms with van der Waals surface area (Å²) >= 11 is 0. The lowest BCUT2D eigenvalue weighted by Gasteiger charge is -2.39. The first-order valence-corrected chi connectivity index (χ1v) is 27.2. The van der Waals surface area contributed by atoms with E-state index in [2.05, 4.69) is 28.0 Å². The Balaban J connectivity index is 1.46. The molecule has 1 aliphatic heterocycles. The van der Waals surface area contributed by atoms with Gasteiger partial charge in [-0.2, -0.15) is 5.26 Å². The average Bonchev–Trinajstić information content (AvgIpc) is 3.70. The van der Waals surface area contributed by atoms with E-state index in [-0.39, 0.29) is 38.3 Å². The lowest BCUT2D eigenvalue weighted by atomic mass is 9.80. The summed E-state index contributed by atoms with van der Waals surface area (Å²) in [5, 5.41) is 12.6. The van der Waals surface area contributed by atoms with Crippen LogP contribution in [0.25, 0.3) is 0 Å². The molecule has 3 aromatic carbocycles. The molecule has 2 heterocycles. The number of H-pyrrole nitrogens is 1. The molecule has 15 nitrogen and oxygen atoms in total. The molecule has 0 saturated carbocycles. The predicted molar refractivity (Wildman–Crippen MR) is 282 cm³/mol. The van der Waals surface area contributed by atoms with E-state index in [0.29, 0.717) is 17.9 Å². The van der Waals surface area contributed by atoms with Gasteiger partial charge in [-0.25, -0.2) is 14.3 Å². The molecule has 1 aromatic heterocycles. The van der Waals surface area contributed by atoms with Crippen LogP contribution in [0.3, 0.4) is 0 Å². The summed E-state index contributed by atoms with van der Waals surface area (Å²) in [5.74, 6) is 1.32. The monoisotopic (exact) mass is 1010 g/mol. The third kappa shape index (κ3) is 16.7. The van der Waals surface area contributed by atoms with Crippen LogP contribution < -0.4 is 26.0 Å². The topological polar surface area (TPSA) is 176 Å². The van der Waals surface area contributed by atoms with Crippen LogP contribution >= 0.6 is 8.53 Å². The van der Waals surface area contributed by atoms with Gasteiger partial charge in [0, 0.05) is 24.3 Å². The van der Waals surface area contributed by atoms with Crippen LogP contribution in [0, 0.1) is 11.3 Å². The minimum absolute atomic E-state index is 0.0646. The van der Waals surface area contributed by atoms with Crippen molar-refractivity contribution in [2.24, 2.45) is 0 Å². The lowest BCUT2D eigenvalue weighted by Crippen LogP contribution is -2.50. The summed E-state index contributed by atoms with van der Waals surface area (Å²) in [6.07, 6.45) is 14.4. The maximum atomic E-state index is 14.0. The number of aromatic amines is 1. The second-order valence-electron chi connectivity index (χ2n) is 18.9. The number of hydrogen-bond donors (Lipinski definition) is 2. The van der Waals surface area contributed by atoms with Gasteiger partial charge < -0.3 is 38.0 Å². The van der Waals surface area contributed by atoms with Crippen molar-refractivity contribution in [3.63, 3.8) is 0 Å². The van der Waals surface area contributed by atoms with Crippen LogP contribution in [-0.2, 0) is 28.9 Å². The number of carbonyl (C=O) groups is 1. The molecule has 5 rings (SSSR count). The van der Waals surface area contributed by atoms with Crippen molar-refractivity contribution in [2.45, 2.75) is 173 Å². The first kappa shape index (κ1) is 57.8. The highest BCUT2D eigenvalue weighted by Gasteiger charge is 2.51. The van der Waals surface area contributed by atoms with E-state index in [4.69, 9.17) is 32.7 Å². The Kier molecular flexibility index (Phi) is 24.8. The van der Waals surface area contributed by atoms with Crippen molar-refractivity contribution in [3.8, 4) is 17.6 Å². The zero-order valence-corrected chi connectivity index (χ0v) is 44.6. The van der Waals surface area contributed by atoms with E-state index in [1.165, 1.54) is 81.0 Å². The highest BCUT2D eigenvalue weighted by atomic mass is 31.2. The SMILES string of the molecule is CCCCCCCCCCCCCCCCOC(=O)N[C@@H]1[C@H](OP(OCCC#N)N(C(C)C)C(C)C)[C@@H](COC(c2ccccc2)(c2ccc(OC)cc2)c2ccc(OC)cc2)O[C@H]1n1ccc(=O)[nH]c1=O. The lowest BCUT2D eigenvalue weighted by molar-refractivity contribution is -0.0928. The van der Waals surface area contributed by atoms with Crippen molar-refractivity contribution in [1.29, 1.82) is 5.26 Å². The van der Waals surface area contributed by atoms with Crippen LogP contribution in [-0.4, -0.2) is 84.7 Å². The summed E-state index contributed by atoms with van der Waals surface area (Å²) in [6.45, 7) is 10.5. The molecule has 4 aromatic rings. The van der Waals surface area contributed by atoms with E-state index in [1.54, 1.807) is 14.2 Å². The average molecular weight is 1010 g/mol. The highest BCUT2D eigenvalue weighted by molar-refractivity contribution is 7.44. The molecule has 1 aliphatic rings. The van der Waals surface area contributed by atoms with Crippen LogP contribution in [0.15, 0.2) is 101 Å². The first-order valence-electron chi connectivity index (χ1n) is 26.1. The Morgan fingerprint density at radius 2 is 1.29 bits per heavy atom. The van der Waals surface area contributed by atoms with Crippen LogP contribution in [0.2, 0.25) is 0 Å². The number of carbonyl (C=O) groups excluding carboxylic acids is 1. The van der Waals surface area contributed by atoms with Crippen LogP contribution in [0.1, 0.15) is 154 Å². The molecule has 0 radical (unpaired) electrons. The zero-order chi connectivity index (χ0) is 51.7. The van der Waals surface area contributed by atoms with Gasteiger partial charge in [-0.05, 0) is 75.1 Å². The second-order valence-corrected chi connectivity index (χ2v) is 20.3. The molecular weight excluding hydrogens is 934 g/mol. The summed E-state index contributed by atoms with van der Waals surface area (Å²) in [7, 11) is 1.29. The Morgan fingerprint density at radius 1 is 0.764 bits per heavy atom. The van der Waals surface area contributed by atoms with E-state index >= 15 is 0 Å². The maximum absolute atomic E-state index is 14.0. The number of nitrogens with one attached hydrogen (secondary N) is 2. The van der Waals surface area contributed by atoms with Crippen molar-refractivity contribution in [3.05, 3.63) is 129 Å². The number of methoxy groups -OCH3 is 2. The second kappa shape index (κ2) is 30.8. The zero-order valence-electron chi connectivity index (χ0n) is 43.7. The standard InChI is InChI=1S/C56H80N5O10P/c1-8-9-10-11-12-13-14-15-16-17-18-19-20-24-39-67-55(64)59-51-52(71-72(69-40-25-37-57)61(42(2)3)43(4)5)49(70-53(51)60-38-36-50(62)58-54(60)63)41-68-56(44-26-22-21-23-27-44,45-28-32-47(65-6)33-29-45)46-30-34-48(66-7)35-31-46/h21-23,26-36,38,42-43,49,51-53H,8-20,24-25,39-41H2,1-7H3,(H,59,64)(H,58,62,63)/t49-,51-,52-,53-,72?/m1/s1. The fourth-order valence-corrected chi connectivity index (χ4v) is 11.1. The number of nitriles is 1. The summed E-state index contributed by atoms with van der Waals surface area (Å²) in [4.78, 5) is 42.5. The van der Waals surface area contributed by atoms with E-state index < -0.39 is 55.9 Å². The largest absolute Gasteiger partial charge is 0.497 e. The number of nitrogens with zero attached hydrogens (tertiary/aromatic N) is 3. The normalized spacial score (nSPS) is 17.3. The van der Waals surface area contributed by atoms with Gasteiger partial charge in [0.25, 0.3) is 14.1 Å².